The fourth-order valence-corrected chi connectivity index (χ4v) is 3.79. The van der Waals surface area contributed by atoms with E-state index in [-0.39, 0.29) is 5.56 Å². The Hall–Kier alpha value is -2.93. The van der Waals surface area contributed by atoms with Crippen molar-refractivity contribution in [3.63, 3.8) is 0 Å². The largest absolute Gasteiger partial charge is 0.416 e. The van der Waals surface area contributed by atoms with Gasteiger partial charge in [-0.1, -0.05) is 55.1 Å². The summed E-state index contributed by atoms with van der Waals surface area (Å²) in [5.41, 5.74) is 3.36. The zero-order valence-electron chi connectivity index (χ0n) is 15.7. The molecule has 142 valence electrons. The Balaban J connectivity index is 1.44. The average molecular weight is 392 g/mol. The third-order valence-corrected chi connectivity index (χ3v) is 5.43. The summed E-state index contributed by atoms with van der Waals surface area (Å²) in [4.78, 5) is 16.9. The Kier molecular flexibility index (Phi) is 5.25. The molecule has 1 atom stereocenters. The van der Waals surface area contributed by atoms with E-state index in [1.807, 2.05) is 43.3 Å². The quantitative estimate of drug-likeness (QED) is 0.461. The van der Waals surface area contributed by atoms with Crippen molar-refractivity contribution in [2.24, 2.45) is 0 Å². The number of benzene rings is 1. The predicted octanol–water partition coefficient (Wildman–Crippen LogP) is 4.02. The highest BCUT2D eigenvalue weighted by Gasteiger charge is 2.13. The standard InChI is InChI=1S/C21H20N4O2S/c1-14(16-8-4-3-5-9-16)11-19-23-24-21(27-19)28-13-17-12-20(26)25-15(2)7-6-10-18(25)22-17/h3-10,12,14H,11,13H2,1-2H3. The van der Waals surface area contributed by atoms with Crippen molar-refractivity contribution in [1.82, 2.24) is 19.6 Å². The van der Waals surface area contributed by atoms with Gasteiger partial charge >= 0.3 is 0 Å². The van der Waals surface area contributed by atoms with E-state index in [0.717, 1.165) is 5.69 Å². The molecule has 0 aliphatic carbocycles. The van der Waals surface area contributed by atoms with E-state index in [0.29, 0.717) is 40.5 Å². The number of thioether (sulfide) groups is 1. The van der Waals surface area contributed by atoms with E-state index >= 15 is 0 Å². The Morgan fingerprint density at radius 1 is 1.11 bits per heavy atom. The van der Waals surface area contributed by atoms with Crippen molar-refractivity contribution in [3.05, 3.63) is 87.8 Å². The van der Waals surface area contributed by atoms with Crippen LogP contribution >= 0.6 is 11.8 Å². The summed E-state index contributed by atoms with van der Waals surface area (Å²) in [6.45, 7) is 4.03. The van der Waals surface area contributed by atoms with Crippen LogP contribution < -0.4 is 5.56 Å². The molecule has 0 N–H and O–H groups in total. The zero-order valence-corrected chi connectivity index (χ0v) is 16.5. The highest BCUT2D eigenvalue weighted by Crippen LogP contribution is 2.24. The SMILES string of the molecule is Cc1cccc2nc(CSc3nnc(CC(C)c4ccccc4)o3)cc(=O)n12. The number of hydrogen-bond donors (Lipinski definition) is 0. The van der Waals surface area contributed by atoms with Crippen molar-refractivity contribution in [2.75, 3.05) is 0 Å². The molecule has 0 fully saturated rings. The molecule has 0 aliphatic heterocycles. The lowest BCUT2D eigenvalue weighted by molar-refractivity contribution is 0.404. The minimum Gasteiger partial charge on any atom is -0.416 e. The topological polar surface area (TPSA) is 73.3 Å². The van der Waals surface area contributed by atoms with E-state index < -0.39 is 0 Å². The molecule has 0 spiro atoms. The number of pyridine rings is 1. The predicted molar refractivity (Wildman–Crippen MR) is 109 cm³/mol. The molecule has 4 aromatic rings. The van der Waals surface area contributed by atoms with Crippen LogP contribution in [-0.4, -0.2) is 19.6 Å². The Labute approximate surface area is 166 Å². The Morgan fingerprint density at radius 2 is 1.93 bits per heavy atom. The van der Waals surface area contributed by atoms with Gasteiger partial charge in [-0.25, -0.2) is 4.98 Å². The molecule has 0 bridgehead atoms. The summed E-state index contributed by atoms with van der Waals surface area (Å²) >= 11 is 1.39. The molecule has 3 aromatic heterocycles. The summed E-state index contributed by atoms with van der Waals surface area (Å²) < 4.78 is 7.37. The highest BCUT2D eigenvalue weighted by molar-refractivity contribution is 7.98. The maximum absolute atomic E-state index is 12.4. The van der Waals surface area contributed by atoms with Crippen LogP contribution in [0.5, 0.6) is 0 Å². The summed E-state index contributed by atoms with van der Waals surface area (Å²) in [5, 5.41) is 8.75. The molecule has 1 unspecified atom stereocenters. The van der Waals surface area contributed by atoms with E-state index in [1.165, 1.54) is 17.3 Å². The van der Waals surface area contributed by atoms with Crippen LogP contribution in [0, 0.1) is 6.92 Å². The fraction of sp³-hybridized carbons (Fsp3) is 0.238. The molecule has 3 heterocycles. The first kappa shape index (κ1) is 18.4. The third kappa shape index (κ3) is 3.99. The molecule has 6 nitrogen and oxygen atoms in total. The van der Waals surface area contributed by atoms with Crippen LogP contribution in [0.1, 0.15) is 35.7 Å². The van der Waals surface area contributed by atoms with Crippen LogP contribution in [0.2, 0.25) is 0 Å². The normalized spacial score (nSPS) is 12.4. The van der Waals surface area contributed by atoms with Gasteiger partial charge < -0.3 is 4.42 Å². The van der Waals surface area contributed by atoms with Crippen molar-refractivity contribution < 1.29 is 4.42 Å². The van der Waals surface area contributed by atoms with Gasteiger partial charge in [0.1, 0.15) is 5.65 Å². The maximum atomic E-state index is 12.4. The third-order valence-electron chi connectivity index (χ3n) is 4.57. The first-order valence-corrected chi connectivity index (χ1v) is 10.1. The van der Waals surface area contributed by atoms with Gasteiger partial charge in [-0.3, -0.25) is 9.20 Å². The molecule has 4 rings (SSSR count). The summed E-state index contributed by atoms with van der Waals surface area (Å²) in [6.07, 6.45) is 0.687. The molecule has 7 heteroatoms. The number of aromatic nitrogens is 4. The Morgan fingerprint density at radius 3 is 2.75 bits per heavy atom. The second-order valence-corrected chi connectivity index (χ2v) is 7.64. The van der Waals surface area contributed by atoms with Crippen LogP contribution in [0.25, 0.3) is 5.65 Å². The van der Waals surface area contributed by atoms with Gasteiger partial charge in [-0.05, 0) is 30.5 Å². The fourth-order valence-electron chi connectivity index (χ4n) is 3.11. The highest BCUT2D eigenvalue weighted by atomic mass is 32.2. The molecule has 0 amide bonds. The van der Waals surface area contributed by atoms with Gasteiger partial charge in [0.25, 0.3) is 10.8 Å². The van der Waals surface area contributed by atoms with Gasteiger partial charge in [0.2, 0.25) is 5.89 Å². The molecule has 0 saturated carbocycles. The zero-order chi connectivity index (χ0) is 19.5. The minimum atomic E-state index is -0.0818. The maximum Gasteiger partial charge on any atom is 0.276 e. The van der Waals surface area contributed by atoms with Gasteiger partial charge in [-0.15, -0.1) is 10.2 Å². The molecule has 0 radical (unpaired) electrons. The van der Waals surface area contributed by atoms with E-state index in [2.05, 4.69) is 34.2 Å². The molecular weight excluding hydrogens is 372 g/mol. The molecule has 0 aliphatic rings. The van der Waals surface area contributed by atoms with Crippen LogP contribution in [0.3, 0.4) is 0 Å². The first-order valence-electron chi connectivity index (χ1n) is 9.08. The van der Waals surface area contributed by atoms with Crippen LogP contribution in [0.15, 0.2) is 69.0 Å². The number of nitrogens with zero attached hydrogens (tertiary/aromatic N) is 4. The van der Waals surface area contributed by atoms with Crippen molar-refractivity contribution in [2.45, 2.75) is 37.2 Å². The van der Waals surface area contributed by atoms with Gasteiger partial charge in [0.05, 0.1) is 5.69 Å². The lowest BCUT2D eigenvalue weighted by Crippen LogP contribution is -2.17. The second-order valence-electron chi connectivity index (χ2n) is 6.71. The number of hydrogen-bond acceptors (Lipinski definition) is 6. The lowest BCUT2D eigenvalue weighted by Gasteiger charge is -2.08. The van der Waals surface area contributed by atoms with Crippen molar-refractivity contribution in [3.8, 4) is 0 Å². The molecule has 28 heavy (non-hydrogen) atoms. The smallest absolute Gasteiger partial charge is 0.276 e. The van der Waals surface area contributed by atoms with Gasteiger partial charge in [0, 0.05) is 23.9 Å². The average Bonchev–Trinajstić information content (AvgIpc) is 3.14. The summed E-state index contributed by atoms with van der Waals surface area (Å²) in [7, 11) is 0. The van der Waals surface area contributed by atoms with Crippen molar-refractivity contribution in [1.29, 1.82) is 0 Å². The number of aryl methyl sites for hydroxylation is 1. The summed E-state index contributed by atoms with van der Waals surface area (Å²) in [6, 6.07) is 17.4. The lowest BCUT2D eigenvalue weighted by atomic mass is 9.98. The minimum absolute atomic E-state index is 0.0818. The summed E-state index contributed by atoms with van der Waals surface area (Å²) in [5.74, 6) is 1.40. The van der Waals surface area contributed by atoms with Crippen LogP contribution in [-0.2, 0) is 12.2 Å². The molecule has 0 saturated heterocycles. The second kappa shape index (κ2) is 7.98. The molecular formula is C21H20N4O2S. The first-order chi connectivity index (χ1) is 13.6. The van der Waals surface area contributed by atoms with E-state index in [1.54, 1.807) is 10.5 Å². The molecule has 1 aromatic carbocycles. The van der Waals surface area contributed by atoms with Crippen LogP contribution in [0.4, 0.5) is 0 Å². The number of rotatable bonds is 6. The van der Waals surface area contributed by atoms with E-state index in [4.69, 9.17) is 4.42 Å². The Bertz CT molecular complexity index is 1150. The number of fused-ring (bicyclic) bond motifs is 1. The van der Waals surface area contributed by atoms with Crippen molar-refractivity contribution >= 4 is 17.4 Å². The van der Waals surface area contributed by atoms with Gasteiger partial charge in [0.15, 0.2) is 0 Å². The monoisotopic (exact) mass is 392 g/mol. The van der Waals surface area contributed by atoms with Gasteiger partial charge in [-0.2, -0.15) is 0 Å². The van der Waals surface area contributed by atoms with E-state index in [9.17, 15) is 4.79 Å².